The van der Waals surface area contributed by atoms with Crippen LogP contribution < -0.4 is 10.5 Å². The lowest BCUT2D eigenvalue weighted by atomic mass is 10.2. The Balaban J connectivity index is 1.64. The molecule has 0 spiro atoms. The van der Waals surface area contributed by atoms with Crippen molar-refractivity contribution in [3.63, 3.8) is 0 Å². The van der Waals surface area contributed by atoms with Crippen molar-refractivity contribution in [3.05, 3.63) is 77.5 Å². The zero-order valence-electron chi connectivity index (χ0n) is 13.9. The number of nitrogens with two attached hydrogens (primary N) is 1. The van der Waals surface area contributed by atoms with Crippen LogP contribution in [0.4, 0.5) is 5.69 Å². The first-order chi connectivity index (χ1) is 12.8. The molecule has 0 saturated heterocycles. The molecule has 0 radical (unpaired) electrons. The van der Waals surface area contributed by atoms with Crippen LogP contribution in [-0.4, -0.2) is 14.3 Å². The third-order valence-electron chi connectivity index (χ3n) is 3.60. The van der Waals surface area contributed by atoms with Gasteiger partial charge in [0.2, 0.25) is 15.9 Å². The summed E-state index contributed by atoms with van der Waals surface area (Å²) in [6.45, 7) is 0. The number of hydrogen-bond donors (Lipinski definition) is 2. The molecule has 1 aromatic heterocycles. The highest BCUT2D eigenvalue weighted by Gasteiger charge is 2.07. The lowest BCUT2D eigenvalue weighted by Gasteiger charge is -2.03. The number of benzene rings is 2. The first-order valence-corrected chi connectivity index (χ1v) is 9.71. The molecule has 2 aromatic carbocycles. The first-order valence-electron chi connectivity index (χ1n) is 7.79. The van der Waals surface area contributed by atoms with E-state index >= 15 is 0 Å². The largest absolute Gasteiger partial charge is 0.457 e. The van der Waals surface area contributed by atoms with E-state index in [0.29, 0.717) is 22.2 Å². The second kappa shape index (κ2) is 7.79. The smallest absolute Gasteiger partial charge is 0.248 e. The SMILES string of the molecule is NS(=O)(=O)c1ccc(NC(=O)C=Cc2ccc(-c3ccc(Cl)cc3)o2)cc1. The Morgan fingerprint density at radius 3 is 2.30 bits per heavy atom. The van der Waals surface area contributed by atoms with Gasteiger partial charge < -0.3 is 9.73 Å². The van der Waals surface area contributed by atoms with Crippen molar-refractivity contribution in [2.45, 2.75) is 4.90 Å². The summed E-state index contributed by atoms with van der Waals surface area (Å²) < 4.78 is 28.1. The summed E-state index contributed by atoms with van der Waals surface area (Å²) in [5, 5.41) is 8.28. The Morgan fingerprint density at radius 2 is 1.67 bits per heavy atom. The van der Waals surface area contributed by atoms with E-state index in [9.17, 15) is 13.2 Å². The average Bonchev–Trinajstić information content (AvgIpc) is 3.09. The van der Waals surface area contributed by atoms with Crippen LogP contribution in [0.15, 0.2) is 76.1 Å². The number of carbonyl (C=O) groups is 1. The van der Waals surface area contributed by atoms with Gasteiger partial charge in [0, 0.05) is 22.3 Å². The molecule has 0 fully saturated rings. The maximum atomic E-state index is 12.0. The summed E-state index contributed by atoms with van der Waals surface area (Å²) in [6, 6.07) is 16.3. The van der Waals surface area contributed by atoms with Gasteiger partial charge in [-0.25, -0.2) is 13.6 Å². The van der Waals surface area contributed by atoms with E-state index in [1.54, 1.807) is 24.3 Å². The summed E-state index contributed by atoms with van der Waals surface area (Å²) in [7, 11) is -3.76. The topological polar surface area (TPSA) is 102 Å². The third kappa shape index (κ3) is 5.07. The Labute approximate surface area is 161 Å². The van der Waals surface area contributed by atoms with Crippen LogP contribution in [0.3, 0.4) is 0 Å². The van der Waals surface area contributed by atoms with E-state index < -0.39 is 10.0 Å². The van der Waals surface area contributed by atoms with E-state index in [-0.39, 0.29) is 10.8 Å². The highest BCUT2D eigenvalue weighted by molar-refractivity contribution is 7.89. The molecule has 3 N–H and O–H groups in total. The van der Waals surface area contributed by atoms with Gasteiger partial charge in [0.05, 0.1) is 4.90 Å². The van der Waals surface area contributed by atoms with Crippen LogP contribution in [0.5, 0.6) is 0 Å². The van der Waals surface area contributed by atoms with Gasteiger partial charge in [-0.05, 0) is 66.7 Å². The molecule has 3 aromatic rings. The lowest BCUT2D eigenvalue weighted by Crippen LogP contribution is -2.12. The average molecular weight is 403 g/mol. The minimum absolute atomic E-state index is 0.0265. The molecule has 8 heteroatoms. The number of hydrogen-bond acceptors (Lipinski definition) is 4. The Hall–Kier alpha value is -2.87. The molecule has 1 heterocycles. The number of primary sulfonamides is 1. The maximum Gasteiger partial charge on any atom is 0.248 e. The molecule has 0 aliphatic heterocycles. The Kier molecular flexibility index (Phi) is 5.46. The van der Waals surface area contributed by atoms with Gasteiger partial charge in [0.15, 0.2) is 0 Å². The van der Waals surface area contributed by atoms with Crippen molar-refractivity contribution >= 4 is 39.3 Å². The summed E-state index contributed by atoms with van der Waals surface area (Å²) in [5.74, 6) is 0.785. The van der Waals surface area contributed by atoms with Crippen molar-refractivity contribution in [2.75, 3.05) is 5.32 Å². The second-order valence-electron chi connectivity index (χ2n) is 5.60. The highest BCUT2D eigenvalue weighted by Crippen LogP contribution is 2.24. The fourth-order valence-electron chi connectivity index (χ4n) is 2.28. The van der Waals surface area contributed by atoms with Gasteiger partial charge in [-0.15, -0.1) is 0 Å². The molecule has 3 rings (SSSR count). The van der Waals surface area contributed by atoms with E-state index in [2.05, 4.69) is 5.32 Å². The Morgan fingerprint density at radius 1 is 1.00 bits per heavy atom. The molecule has 0 bridgehead atoms. The van der Waals surface area contributed by atoms with Crippen molar-refractivity contribution in [1.82, 2.24) is 0 Å². The number of nitrogens with one attached hydrogen (secondary N) is 1. The van der Waals surface area contributed by atoms with Crippen LogP contribution in [0, 0.1) is 0 Å². The van der Waals surface area contributed by atoms with Crippen molar-refractivity contribution in [3.8, 4) is 11.3 Å². The van der Waals surface area contributed by atoms with E-state index in [4.69, 9.17) is 21.2 Å². The number of anilines is 1. The summed E-state index contributed by atoms with van der Waals surface area (Å²) in [4.78, 5) is 12.0. The normalized spacial score (nSPS) is 11.6. The fourth-order valence-corrected chi connectivity index (χ4v) is 2.92. The highest BCUT2D eigenvalue weighted by atomic mass is 35.5. The molecular weight excluding hydrogens is 388 g/mol. The van der Waals surface area contributed by atoms with Crippen molar-refractivity contribution < 1.29 is 17.6 Å². The molecule has 0 saturated carbocycles. The molecule has 0 unspecified atom stereocenters. The number of sulfonamides is 1. The molecule has 0 aliphatic rings. The van der Waals surface area contributed by atoms with Gasteiger partial charge in [-0.1, -0.05) is 11.6 Å². The van der Waals surface area contributed by atoms with Crippen LogP contribution in [0.25, 0.3) is 17.4 Å². The van der Waals surface area contributed by atoms with Crippen LogP contribution >= 0.6 is 11.6 Å². The molecule has 0 atom stereocenters. The number of amides is 1. The van der Waals surface area contributed by atoms with Crippen molar-refractivity contribution in [2.24, 2.45) is 5.14 Å². The zero-order chi connectivity index (χ0) is 19.4. The standard InChI is InChI=1S/C19H15ClN2O4S/c20-14-3-1-13(2-4-14)18-11-7-16(26-18)8-12-19(23)22-15-5-9-17(10-6-15)27(21,24)25/h1-12H,(H,22,23)(H2,21,24,25). The predicted octanol–water partition coefficient (Wildman–Crippen LogP) is 3.90. The summed E-state index contributed by atoms with van der Waals surface area (Å²) >= 11 is 5.86. The number of carbonyl (C=O) groups excluding carboxylic acids is 1. The van der Waals surface area contributed by atoms with E-state index in [1.165, 1.54) is 36.4 Å². The van der Waals surface area contributed by atoms with Gasteiger partial charge in [0.25, 0.3) is 0 Å². The van der Waals surface area contributed by atoms with Gasteiger partial charge in [0.1, 0.15) is 11.5 Å². The number of furan rings is 1. The predicted molar refractivity (Wildman–Crippen MR) is 105 cm³/mol. The van der Waals surface area contributed by atoms with Gasteiger partial charge in [-0.2, -0.15) is 0 Å². The van der Waals surface area contributed by atoms with Crippen LogP contribution in [0.1, 0.15) is 5.76 Å². The minimum Gasteiger partial charge on any atom is -0.457 e. The lowest BCUT2D eigenvalue weighted by molar-refractivity contribution is -0.111. The molecule has 0 aliphatic carbocycles. The second-order valence-corrected chi connectivity index (χ2v) is 7.60. The van der Waals surface area contributed by atoms with Crippen LogP contribution in [-0.2, 0) is 14.8 Å². The molecule has 27 heavy (non-hydrogen) atoms. The quantitative estimate of drug-likeness (QED) is 0.631. The molecule has 1 amide bonds. The van der Waals surface area contributed by atoms with Gasteiger partial charge >= 0.3 is 0 Å². The third-order valence-corrected chi connectivity index (χ3v) is 4.79. The summed E-state index contributed by atoms with van der Waals surface area (Å²) in [5.41, 5.74) is 1.32. The van der Waals surface area contributed by atoms with E-state index in [0.717, 1.165) is 5.56 Å². The number of halogens is 1. The molecule has 6 nitrogen and oxygen atoms in total. The molecule has 138 valence electrons. The monoisotopic (exact) mass is 402 g/mol. The van der Waals surface area contributed by atoms with Gasteiger partial charge in [-0.3, -0.25) is 4.79 Å². The maximum absolute atomic E-state index is 12.0. The fraction of sp³-hybridized carbons (Fsp3) is 0. The Bertz CT molecular complexity index is 1090. The zero-order valence-corrected chi connectivity index (χ0v) is 15.5. The van der Waals surface area contributed by atoms with Crippen molar-refractivity contribution in [1.29, 1.82) is 0 Å². The van der Waals surface area contributed by atoms with Crippen LogP contribution in [0.2, 0.25) is 5.02 Å². The molecular formula is C19H15ClN2O4S. The minimum atomic E-state index is -3.76. The summed E-state index contributed by atoms with van der Waals surface area (Å²) in [6.07, 6.45) is 2.85. The number of rotatable bonds is 5. The first kappa shape index (κ1) is 18.9. The van der Waals surface area contributed by atoms with E-state index in [1.807, 2.05) is 12.1 Å².